The Morgan fingerprint density at radius 1 is 1.00 bits per heavy atom. The molecule has 0 fully saturated rings. The maximum Gasteiger partial charge on any atom is 0.272 e. The molecule has 0 aliphatic heterocycles. The largest absolute Gasteiger partial charge is 0.321 e. The molecule has 4 aromatic rings. The van der Waals surface area contributed by atoms with E-state index in [0.717, 1.165) is 21.4 Å². The Morgan fingerprint density at radius 3 is 2.38 bits per heavy atom. The molecule has 4 rings (SSSR count). The number of nitrogens with zero attached hydrogens (tertiary/aromatic N) is 1. The fraction of sp³-hybridized carbons (Fsp3) is 0.0385. The van der Waals surface area contributed by atoms with Gasteiger partial charge in [0, 0.05) is 27.3 Å². The average Bonchev–Trinajstić information content (AvgIpc) is 3.36. The molecule has 0 saturated heterocycles. The summed E-state index contributed by atoms with van der Waals surface area (Å²) in [5.74, 6) is -1.01. The third-order valence-corrected chi connectivity index (χ3v) is 7.71. The fourth-order valence-electron chi connectivity index (χ4n) is 3.18. The molecule has 0 saturated carbocycles. The molecule has 0 radical (unpaired) electrons. The smallest absolute Gasteiger partial charge is 0.272 e. The molecule has 1 heterocycles. The zero-order chi connectivity index (χ0) is 26.4. The lowest BCUT2D eigenvalue weighted by molar-refractivity contribution is -0.113. The van der Waals surface area contributed by atoms with Gasteiger partial charge in [-0.1, -0.05) is 45.8 Å². The van der Waals surface area contributed by atoms with Gasteiger partial charge in [-0.2, -0.15) is 0 Å². The molecule has 11 heteroatoms. The number of amides is 2. The van der Waals surface area contributed by atoms with Crippen molar-refractivity contribution in [3.8, 4) is 0 Å². The van der Waals surface area contributed by atoms with Gasteiger partial charge in [0.25, 0.3) is 21.8 Å². The van der Waals surface area contributed by atoms with Crippen molar-refractivity contribution >= 4 is 66.0 Å². The number of carbonyl (C=O) groups excluding carboxylic acids is 2. The molecule has 8 nitrogen and oxygen atoms in total. The zero-order valence-corrected chi connectivity index (χ0v) is 22.7. The lowest BCUT2D eigenvalue weighted by Crippen LogP contribution is -2.30. The summed E-state index contributed by atoms with van der Waals surface area (Å²) in [4.78, 5) is 30.0. The first kappa shape index (κ1) is 26.3. The number of nitrogens with one attached hydrogen (secondary N) is 3. The summed E-state index contributed by atoms with van der Waals surface area (Å²) in [6.45, 7) is 1.92. The van der Waals surface area contributed by atoms with Crippen molar-refractivity contribution in [3.63, 3.8) is 0 Å². The summed E-state index contributed by atoms with van der Waals surface area (Å²) in [5, 5.41) is 7.31. The minimum Gasteiger partial charge on any atom is -0.321 e. The molecular formula is C26H21BrN4O4S2. The Labute approximate surface area is 226 Å². The van der Waals surface area contributed by atoms with Gasteiger partial charge in [0.15, 0.2) is 5.13 Å². The number of halogens is 1. The van der Waals surface area contributed by atoms with Gasteiger partial charge in [0.1, 0.15) is 5.70 Å². The molecule has 2 amide bonds. The second-order valence-corrected chi connectivity index (χ2v) is 11.3. The van der Waals surface area contributed by atoms with Crippen molar-refractivity contribution in [1.82, 2.24) is 10.3 Å². The molecule has 3 N–H and O–H groups in total. The van der Waals surface area contributed by atoms with Gasteiger partial charge in [-0.25, -0.2) is 13.4 Å². The third-order valence-electron chi connectivity index (χ3n) is 5.04. The van der Waals surface area contributed by atoms with Gasteiger partial charge in [0.2, 0.25) is 0 Å². The highest BCUT2D eigenvalue weighted by Crippen LogP contribution is 2.20. The molecule has 1 aromatic heterocycles. The SMILES string of the molecule is Cc1ccc(C(=O)N/C(=C/c2cccc(Br)c2)C(=O)Nc2ccc(S(=O)(=O)Nc3nccs3)cc2)cc1. The van der Waals surface area contributed by atoms with Crippen molar-refractivity contribution in [2.24, 2.45) is 0 Å². The minimum atomic E-state index is -3.83. The van der Waals surface area contributed by atoms with Crippen LogP contribution in [0.15, 0.2) is 99.4 Å². The van der Waals surface area contributed by atoms with Gasteiger partial charge >= 0.3 is 0 Å². The summed E-state index contributed by atoms with van der Waals surface area (Å²) in [6.07, 6.45) is 3.06. The molecule has 0 aliphatic rings. The Bertz CT molecular complexity index is 1550. The summed E-state index contributed by atoms with van der Waals surface area (Å²) >= 11 is 4.57. The normalized spacial score (nSPS) is 11.6. The quantitative estimate of drug-likeness (QED) is 0.235. The Balaban J connectivity index is 1.54. The van der Waals surface area contributed by atoms with Crippen LogP contribution in [0.3, 0.4) is 0 Å². The van der Waals surface area contributed by atoms with Crippen LogP contribution in [0.1, 0.15) is 21.5 Å². The van der Waals surface area contributed by atoms with E-state index in [-0.39, 0.29) is 15.7 Å². The number of rotatable bonds is 8. The van der Waals surface area contributed by atoms with E-state index in [4.69, 9.17) is 0 Å². The molecule has 0 bridgehead atoms. The zero-order valence-electron chi connectivity index (χ0n) is 19.4. The van der Waals surface area contributed by atoms with E-state index in [1.54, 1.807) is 35.7 Å². The number of carbonyl (C=O) groups is 2. The molecule has 0 spiro atoms. The van der Waals surface area contributed by atoms with Crippen molar-refractivity contribution in [3.05, 3.63) is 111 Å². The summed E-state index contributed by atoms with van der Waals surface area (Å²) in [7, 11) is -3.83. The number of benzene rings is 3. The van der Waals surface area contributed by atoms with Crippen molar-refractivity contribution in [2.45, 2.75) is 11.8 Å². The van der Waals surface area contributed by atoms with E-state index in [1.807, 2.05) is 31.2 Å². The van der Waals surface area contributed by atoms with Crippen LogP contribution in [0, 0.1) is 6.92 Å². The molecule has 37 heavy (non-hydrogen) atoms. The van der Waals surface area contributed by atoms with E-state index in [9.17, 15) is 18.0 Å². The number of hydrogen-bond donors (Lipinski definition) is 3. The van der Waals surface area contributed by atoms with Crippen LogP contribution in [-0.4, -0.2) is 25.2 Å². The van der Waals surface area contributed by atoms with E-state index >= 15 is 0 Å². The van der Waals surface area contributed by atoms with Crippen LogP contribution >= 0.6 is 27.3 Å². The standard InChI is InChI=1S/C26H21BrN4O4S2/c1-17-5-7-19(8-6-17)24(32)30-23(16-18-3-2-4-20(27)15-18)25(33)29-21-9-11-22(12-10-21)37(34,35)31-26-28-13-14-36-26/h2-16H,1H3,(H,28,31)(H,29,33)(H,30,32)/b23-16+. The van der Waals surface area contributed by atoms with E-state index in [1.165, 1.54) is 30.5 Å². The predicted octanol–water partition coefficient (Wildman–Crippen LogP) is 5.42. The fourth-order valence-corrected chi connectivity index (χ4v) is 5.39. The highest BCUT2D eigenvalue weighted by atomic mass is 79.9. The summed E-state index contributed by atoms with van der Waals surface area (Å²) in [6, 6.07) is 19.9. The monoisotopic (exact) mass is 596 g/mol. The second kappa shape index (κ2) is 11.5. The maximum absolute atomic E-state index is 13.2. The number of aromatic nitrogens is 1. The van der Waals surface area contributed by atoms with Gasteiger partial charge in [0.05, 0.1) is 4.90 Å². The number of thiazole rings is 1. The third kappa shape index (κ3) is 7.13. The summed E-state index contributed by atoms with van der Waals surface area (Å²) in [5.41, 5.74) is 2.47. The lowest BCUT2D eigenvalue weighted by atomic mass is 10.1. The molecule has 188 valence electrons. The molecule has 0 aliphatic carbocycles. The van der Waals surface area contributed by atoms with Crippen LogP contribution in [0.5, 0.6) is 0 Å². The second-order valence-electron chi connectivity index (χ2n) is 7.85. The Morgan fingerprint density at radius 2 is 1.73 bits per heavy atom. The lowest BCUT2D eigenvalue weighted by Gasteiger charge is -2.12. The molecule has 0 atom stereocenters. The summed E-state index contributed by atoms with van der Waals surface area (Å²) < 4.78 is 28.3. The highest BCUT2D eigenvalue weighted by Gasteiger charge is 2.18. The topological polar surface area (TPSA) is 117 Å². The van der Waals surface area contributed by atoms with Crippen molar-refractivity contribution < 1.29 is 18.0 Å². The molecule has 3 aromatic carbocycles. The van der Waals surface area contributed by atoms with E-state index in [0.29, 0.717) is 16.8 Å². The van der Waals surface area contributed by atoms with Crippen LogP contribution < -0.4 is 15.4 Å². The first-order valence-electron chi connectivity index (χ1n) is 10.9. The van der Waals surface area contributed by atoms with E-state index in [2.05, 4.69) is 36.3 Å². The van der Waals surface area contributed by atoms with Crippen LogP contribution in [0.4, 0.5) is 10.8 Å². The van der Waals surface area contributed by atoms with E-state index < -0.39 is 21.8 Å². The number of sulfonamides is 1. The Hall–Kier alpha value is -3.80. The highest BCUT2D eigenvalue weighted by molar-refractivity contribution is 9.10. The first-order valence-corrected chi connectivity index (χ1v) is 14.0. The van der Waals surface area contributed by atoms with Gasteiger partial charge in [-0.05, 0) is 67.1 Å². The van der Waals surface area contributed by atoms with Gasteiger partial charge in [-0.3, -0.25) is 14.3 Å². The number of aryl methyl sites for hydroxylation is 1. The first-order chi connectivity index (χ1) is 17.7. The van der Waals surface area contributed by atoms with Crippen molar-refractivity contribution in [1.29, 1.82) is 0 Å². The number of hydrogen-bond acceptors (Lipinski definition) is 6. The Kier molecular flexibility index (Phi) is 8.17. The van der Waals surface area contributed by atoms with Gasteiger partial charge in [-0.15, -0.1) is 11.3 Å². The van der Waals surface area contributed by atoms with Gasteiger partial charge < -0.3 is 10.6 Å². The molecular weight excluding hydrogens is 576 g/mol. The average molecular weight is 598 g/mol. The maximum atomic E-state index is 13.2. The minimum absolute atomic E-state index is 0.0123. The predicted molar refractivity (Wildman–Crippen MR) is 149 cm³/mol. The van der Waals surface area contributed by atoms with Crippen molar-refractivity contribution in [2.75, 3.05) is 10.0 Å². The van der Waals surface area contributed by atoms with Crippen LogP contribution in [-0.2, 0) is 14.8 Å². The molecule has 0 unspecified atom stereocenters. The van der Waals surface area contributed by atoms with Crippen LogP contribution in [0.2, 0.25) is 0 Å². The number of anilines is 2. The van der Waals surface area contributed by atoms with Crippen LogP contribution in [0.25, 0.3) is 6.08 Å².